The molecule has 4 rings (SSSR count). The van der Waals surface area contributed by atoms with Gasteiger partial charge in [-0.05, 0) is 36.2 Å². The number of nitrogen functional groups attached to an aromatic ring is 1. The fourth-order valence-corrected chi connectivity index (χ4v) is 3.74. The molecule has 1 amide bonds. The van der Waals surface area contributed by atoms with Gasteiger partial charge in [0.15, 0.2) is 5.65 Å². The van der Waals surface area contributed by atoms with Crippen molar-refractivity contribution < 1.29 is 9.18 Å². The van der Waals surface area contributed by atoms with Crippen LogP contribution in [0.25, 0.3) is 22.2 Å². The van der Waals surface area contributed by atoms with E-state index in [0.717, 1.165) is 36.8 Å². The number of amides is 1. The van der Waals surface area contributed by atoms with Crippen LogP contribution in [0.4, 0.5) is 10.2 Å². The molecule has 0 bridgehead atoms. The van der Waals surface area contributed by atoms with Crippen LogP contribution in [0, 0.1) is 5.82 Å². The zero-order valence-corrected chi connectivity index (χ0v) is 17.6. The lowest BCUT2D eigenvalue weighted by atomic mass is 10.2. The first-order valence-electron chi connectivity index (χ1n) is 10.7. The molecule has 0 aliphatic carbocycles. The number of unbranched alkanes of at least 4 members (excludes halogenated alkanes) is 3. The summed E-state index contributed by atoms with van der Waals surface area (Å²) in [6.45, 7) is 3.12. The number of rotatable bonds is 8. The summed E-state index contributed by atoms with van der Waals surface area (Å²) in [5.74, 6) is -0.255. The number of benzene rings is 2. The van der Waals surface area contributed by atoms with E-state index in [0.29, 0.717) is 34.6 Å². The Hall–Kier alpha value is -3.48. The number of carbonyl (C=O) groups excluding carboxylic acids is 1. The molecule has 2 heterocycles. The van der Waals surface area contributed by atoms with Crippen LogP contribution in [-0.4, -0.2) is 20.4 Å². The Morgan fingerprint density at radius 1 is 1.03 bits per heavy atom. The number of hydrogen-bond donors (Lipinski definition) is 2. The number of nitrogens with zero attached hydrogens (tertiary/aromatic N) is 3. The Kier molecular flexibility index (Phi) is 6.11. The van der Waals surface area contributed by atoms with E-state index in [1.54, 1.807) is 12.1 Å². The van der Waals surface area contributed by atoms with Crippen molar-refractivity contribution in [2.75, 3.05) is 5.73 Å². The summed E-state index contributed by atoms with van der Waals surface area (Å²) >= 11 is 0. The maximum absolute atomic E-state index is 13.1. The highest BCUT2D eigenvalue weighted by Crippen LogP contribution is 2.28. The first kappa shape index (κ1) is 20.8. The van der Waals surface area contributed by atoms with Crippen molar-refractivity contribution in [2.45, 2.75) is 45.7 Å². The van der Waals surface area contributed by atoms with Gasteiger partial charge < -0.3 is 15.6 Å². The highest BCUT2D eigenvalue weighted by Gasteiger charge is 2.23. The van der Waals surface area contributed by atoms with Crippen LogP contribution in [0.5, 0.6) is 0 Å². The third-order valence-corrected chi connectivity index (χ3v) is 5.42. The molecule has 4 aromatic rings. The number of anilines is 1. The Balaban J connectivity index is 1.70. The fourth-order valence-electron chi connectivity index (χ4n) is 3.74. The summed E-state index contributed by atoms with van der Waals surface area (Å²) < 4.78 is 15.0. The molecular formula is C24H26FN5O. The number of nitrogens with one attached hydrogen (secondary N) is 1. The van der Waals surface area contributed by atoms with Gasteiger partial charge in [0.05, 0.1) is 11.0 Å². The summed E-state index contributed by atoms with van der Waals surface area (Å²) in [6, 6.07) is 13.6. The number of aryl methyl sites for hydroxylation is 1. The second kappa shape index (κ2) is 9.12. The predicted molar refractivity (Wildman–Crippen MR) is 121 cm³/mol. The lowest BCUT2D eigenvalue weighted by Crippen LogP contribution is -2.24. The molecule has 2 aromatic carbocycles. The molecule has 6 nitrogen and oxygen atoms in total. The quantitative estimate of drug-likeness (QED) is 0.401. The Morgan fingerprint density at radius 3 is 2.45 bits per heavy atom. The largest absolute Gasteiger partial charge is 0.384 e. The van der Waals surface area contributed by atoms with Gasteiger partial charge in [0.1, 0.15) is 22.7 Å². The van der Waals surface area contributed by atoms with Gasteiger partial charge in [-0.3, -0.25) is 4.79 Å². The molecule has 0 spiro atoms. The van der Waals surface area contributed by atoms with Crippen LogP contribution in [-0.2, 0) is 13.1 Å². The molecule has 31 heavy (non-hydrogen) atoms. The molecule has 0 aliphatic heterocycles. The average Bonchev–Trinajstić information content (AvgIpc) is 3.05. The van der Waals surface area contributed by atoms with Gasteiger partial charge in [-0.1, -0.05) is 50.5 Å². The van der Waals surface area contributed by atoms with E-state index in [-0.39, 0.29) is 18.3 Å². The molecule has 7 heteroatoms. The lowest BCUT2D eigenvalue weighted by Gasteiger charge is -2.08. The molecule has 0 aliphatic rings. The zero-order valence-electron chi connectivity index (χ0n) is 17.6. The summed E-state index contributed by atoms with van der Waals surface area (Å²) in [7, 11) is 0. The lowest BCUT2D eigenvalue weighted by molar-refractivity contribution is 0.0953. The first-order chi connectivity index (χ1) is 15.1. The molecule has 0 atom stereocenters. The van der Waals surface area contributed by atoms with Gasteiger partial charge in [0.2, 0.25) is 0 Å². The molecule has 3 N–H and O–H groups in total. The summed E-state index contributed by atoms with van der Waals surface area (Å²) in [5.41, 5.74) is 10.2. The highest BCUT2D eigenvalue weighted by atomic mass is 19.1. The molecular weight excluding hydrogens is 393 g/mol. The third-order valence-electron chi connectivity index (χ3n) is 5.42. The predicted octanol–water partition coefficient (Wildman–Crippen LogP) is 4.82. The van der Waals surface area contributed by atoms with Crippen molar-refractivity contribution in [3.05, 3.63) is 65.5 Å². The normalized spacial score (nSPS) is 11.3. The number of nitrogens with two attached hydrogens (primary N) is 1. The van der Waals surface area contributed by atoms with Gasteiger partial charge in [0, 0.05) is 13.1 Å². The van der Waals surface area contributed by atoms with Crippen LogP contribution in [0.2, 0.25) is 0 Å². The first-order valence-corrected chi connectivity index (χ1v) is 10.7. The average molecular weight is 420 g/mol. The van der Waals surface area contributed by atoms with Crippen molar-refractivity contribution >= 4 is 33.9 Å². The maximum Gasteiger partial charge on any atom is 0.257 e. The minimum atomic E-state index is -0.316. The molecule has 0 radical (unpaired) electrons. The number of fused-ring (bicyclic) bond motifs is 2. The Labute approximate surface area is 180 Å². The van der Waals surface area contributed by atoms with Crippen LogP contribution >= 0.6 is 0 Å². The van der Waals surface area contributed by atoms with Gasteiger partial charge in [0.25, 0.3) is 5.91 Å². The summed E-state index contributed by atoms with van der Waals surface area (Å²) in [5, 5.41) is 2.88. The van der Waals surface area contributed by atoms with Gasteiger partial charge in [-0.25, -0.2) is 14.4 Å². The second-order valence-corrected chi connectivity index (χ2v) is 7.67. The van der Waals surface area contributed by atoms with Crippen molar-refractivity contribution in [3.8, 4) is 0 Å². The van der Waals surface area contributed by atoms with E-state index in [2.05, 4.69) is 12.2 Å². The minimum Gasteiger partial charge on any atom is -0.384 e. The Bertz CT molecular complexity index is 1220. The summed E-state index contributed by atoms with van der Waals surface area (Å²) in [6.07, 6.45) is 4.33. The minimum absolute atomic E-state index is 0.267. The smallest absolute Gasteiger partial charge is 0.257 e. The SMILES string of the molecule is CCCCCCn1c(N)c(C(=O)NCc2ccc(F)cc2)c2nc3ccccc3nc21. The van der Waals surface area contributed by atoms with E-state index < -0.39 is 0 Å². The number of aromatic nitrogens is 3. The van der Waals surface area contributed by atoms with Gasteiger partial charge >= 0.3 is 0 Å². The molecule has 160 valence electrons. The number of hydrogen-bond acceptors (Lipinski definition) is 4. The van der Waals surface area contributed by atoms with Crippen molar-refractivity contribution in [2.24, 2.45) is 0 Å². The second-order valence-electron chi connectivity index (χ2n) is 7.67. The maximum atomic E-state index is 13.1. The Morgan fingerprint density at radius 2 is 1.74 bits per heavy atom. The summed E-state index contributed by atoms with van der Waals surface area (Å²) in [4.78, 5) is 22.6. The molecule has 2 aromatic heterocycles. The third kappa shape index (κ3) is 4.35. The monoisotopic (exact) mass is 419 g/mol. The van der Waals surface area contributed by atoms with Crippen LogP contribution in [0.1, 0.15) is 48.5 Å². The molecule has 0 saturated carbocycles. The van der Waals surface area contributed by atoms with Crippen LogP contribution < -0.4 is 11.1 Å². The van der Waals surface area contributed by atoms with E-state index >= 15 is 0 Å². The van der Waals surface area contributed by atoms with Gasteiger partial charge in [-0.15, -0.1) is 0 Å². The highest BCUT2D eigenvalue weighted by molar-refractivity contribution is 6.10. The van der Waals surface area contributed by atoms with Crippen molar-refractivity contribution in [1.29, 1.82) is 0 Å². The topological polar surface area (TPSA) is 85.8 Å². The van der Waals surface area contributed by atoms with Crippen molar-refractivity contribution in [3.63, 3.8) is 0 Å². The van der Waals surface area contributed by atoms with E-state index in [1.165, 1.54) is 12.1 Å². The van der Waals surface area contributed by atoms with E-state index in [1.807, 2.05) is 28.8 Å². The van der Waals surface area contributed by atoms with Gasteiger partial charge in [-0.2, -0.15) is 0 Å². The molecule has 0 unspecified atom stereocenters. The molecule has 0 saturated heterocycles. The number of para-hydroxylation sites is 2. The van der Waals surface area contributed by atoms with Crippen molar-refractivity contribution in [1.82, 2.24) is 19.9 Å². The zero-order chi connectivity index (χ0) is 21.8. The van der Waals surface area contributed by atoms with E-state index in [4.69, 9.17) is 15.7 Å². The number of carbonyl (C=O) groups is 1. The standard InChI is InChI=1S/C24H26FN5O/c1-2-3-4-7-14-30-22(26)20(24(31)27-15-16-10-12-17(25)13-11-16)21-23(30)29-19-9-6-5-8-18(19)28-21/h5-6,8-13H,2-4,7,14-15,26H2,1H3,(H,27,31). The molecule has 0 fully saturated rings. The number of halogens is 1. The fraction of sp³-hybridized carbons (Fsp3) is 0.292. The van der Waals surface area contributed by atoms with Crippen LogP contribution in [0.3, 0.4) is 0 Å². The van der Waals surface area contributed by atoms with Crippen LogP contribution in [0.15, 0.2) is 48.5 Å². The van der Waals surface area contributed by atoms with E-state index in [9.17, 15) is 9.18 Å².